The van der Waals surface area contributed by atoms with Crippen LogP contribution in [-0.4, -0.2) is 30.8 Å². The van der Waals surface area contributed by atoms with E-state index in [2.05, 4.69) is 10.5 Å². The molecular weight excluding hydrogens is 344 g/mol. The lowest BCUT2D eigenvalue weighted by molar-refractivity contribution is -0.123. The highest BCUT2D eigenvalue weighted by Crippen LogP contribution is 2.13. The second-order valence-electron chi connectivity index (χ2n) is 6.09. The highest BCUT2D eigenvalue weighted by Gasteiger charge is 2.10. The van der Waals surface area contributed by atoms with Crippen molar-refractivity contribution in [2.75, 3.05) is 13.2 Å². The van der Waals surface area contributed by atoms with Crippen LogP contribution in [-0.2, 0) is 9.53 Å². The fraction of sp³-hybridized carbons (Fsp3) is 0.286. The van der Waals surface area contributed by atoms with Gasteiger partial charge in [0, 0.05) is 0 Å². The minimum atomic E-state index is -0.391. The van der Waals surface area contributed by atoms with Crippen LogP contribution in [0.25, 0.3) is 0 Å². The average molecular weight is 368 g/mol. The monoisotopic (exact) mass is 368 g/mol. The lowest BCUT2D eigenvalue weighted by Crippen LogP contribution is -2.27. The third-order valence-corrected chi connectivity index (χ3v) is 3.65. The van der Waals surface area contributed by atoms with E-state index in [-0.39, 0.29) is 18.4 Å². The highest BCUT2D eigenvalue weighted by molar-refractivity contribution is 6.02. The van der Waals surface area contributed by atoms with Gasteiger partial charge in [0.2, 0.25) is 0 Å². The maximum Gasteiger partial charge on any atom is 0.338 e. The Kier molecular flexibility index (Phi) is 7.55. The molecule has 0 aliphatic carbocycles. The Hall–Kier alpha value is -3.15. The molecule has 0 radical (unpaired) electrons. The molecule has 27 heavy (non-hydrogen) atoms. The van der Waals surface area contributed by atoms with E-state index in [4.69, 9.17) is 9.47 Å². The minimum Gasteiger partial charge on any atom is -0.484 e. The second kappa shape index (κ2) is 10.1. The third kappa shape index (κ3) is 6.26. The van der Waals surface area contributed by atoms with Gasteiger partial charge in [0.05, 0.1) is 17.9 Å². The van der Waals surface area contributed by atoms with Gasteiger partial charge >= 0.3 is 5.97 Å². The number of amides is 1. The summed E-state index contributed by atoms with van der Waals surface area (Å²) >= 11 is 0. The van der Waals surface area contributed by atoms with Crippen molar-refractivity contribution in [3.63, 3.8) is 0 Å². The zero-order valence-electron chi connectivity index (χ0n) is 15.8. The molecule has 1 N–H and O–H groups in total. The minimum absolute atomic E-state index is 0.157. The van der Waals surface area contributed by atoms with Gasteiger partial charge in [-0.2, -0.15) is 5.10 Å². The van der Waals surface area contributed by atoms with E-state index in [1.54, 1.807) is 31.2 Å². The van der Waals surface area contributed by atoms with Crippen LogP contribution < -0.4 is 10.2 Å². The van der Waals surface area contributed by atoms with Crippen molar-refractivity contribution in [1.29, 1.82) is 0 Å². The second-order valence-corrected chi connectivity index (χ2v) is 6.09. The van der Waals surface area contributed by atoms with E-state index < -0.39 is 5.97 Å². The van der Waals surface area contributed by atoms with Crippen LogP contribution in [0.3, 0.4) is 0 Å². The first-order valence-electron chi connectivity index (χ1n) is 8.83. The zero-order valence-corrected chi connectivity index (χ0v) is 15.8. The number of hydrogen-bond donors (Lipinski definition) is 1. The van der Waals surface area contributed by atoms with Crippen LogP contribution in [0.4, 0.5) is 0 Å². The summed E-state index contributed by atoms with van der Waals surface area (Å²) in [5.74, 6) is -0.116. The quantitative estimate of drug-likeness (QED) is 0.440. The Morgan fingerprint density at radius 2 is 1.67 bits per heavy atom. The summed E-state index contributed by atoms with van der Waals surface area (Å²) in [7, 11) is 0. The Balaban J connectivity index is 1.91. The molecule has 6 nitrogen and oxygen atoms in total. The predicted octanol–water partition coefficient (Wildman–Crippen LogP) is 3.42. The van der Waals surface area contributed by atoms with E-state index in [9.17, 15) is 9.59 Å². The average Bonchev–Trinajstić information content (AvgIpc) is 2.67. The van der Waals surface area contributed by atoms with Gasteiger partial charge in [-0.3, -0.25) is 4.79 Å². The van der Waals surface area contributed by atoms with Crippen molar-refractivity contribution in [3.05, 3.63) is 65.7 Å². The van der Waals surface area contributed by atoms with E-state index in [1.165, 1.54) is 0 Å². The van der Waals surface area contributed by atoms with Crippen molar-refractivity contribution in [2.24, 2.45) is 11.0 Å². The maximum atomic E-state index is 12.0. The number of esters is 1. The fourth-order valence-electron chi connectivity index (χ4n) is 2.34. The van der Waals surface area contributed by atoms with Gasteiger partial charge in [0.15, 0.2) is 6.61 Å². The van der Waals surface area contributed by atoms with E-state index >= 15 is 0 Å². The number of nitrogens with one attached hydrogen (secondary N) is 1. The van der Waals surface area contributed by atoms with Gasteiger partial charge in [-0.1, -0.05) is 44.2 Å². The molecule has 0 spiro atoms. The van der Waals surface area contributed by atoms with Crippen LogP contribution in [0.15, 0.2) is 59.7 Å². The molecule has 2 aromatic rings. The highest BCUT2D eigenvalue weighted by atomic mass is 16.5. The zero-order chi connectivity index (χ0) is 19.6. The summed E-state index contributed by atoms with van der Waals surface area (Å²) in [6, 6.07) is 16.1. The number of ether oxygens (including phenoxy) is 2. The van der Waals surface area contributed by atoms with Gasteiger partial charge in [-0.05, 0) is 42.7 Å². The molecular formula is C21H24N2O4. The van der Waals surface area contributed by atoms with Crippen molar-refractivity contribution >= 4 is 17.6 Å². The van der Waals surface area contributed by atoms with Gasteiger partial charge in [0.25, 0.3) is 5.91 Å². The molecule has 142 valence electrons. The molecule has 0 bridgehead atoms. The number of carbonyl (C=O) groups is 2. The molecule has 0 aliphatic rings. The maximum absolute atomic E-state index is 12.0. The molecule has 6 heteroatoms. The molecule has 0 saturated heterocycles. The van der Waals surface area contributed by atoms with Gasteiger partial charge in [-0.25, -0.2) is 10.2 Å². The normalized spacial score (nSPS) is 11.2. The summed E-state index contributed by atoms with van der Waals surface area (Å²) in [5, 5.41) is 4.24. The Morgan fingerprint density at radius 3 is 2.26 bits per heavy atom. The van der Waals surface area contributed by atoms with Crippen molar-refractivity contribution in [2.45, 2.75) is 20.8 Å². The lowest BCUT2D eigenvalue weighted by atomic mass is 10.0. The molecule has 0 atom stereocenters. The molecule has 2 rings (SSSR count). The number of rotatable bonds is 8. The first-order valence-corrected chi connectivity index (χ1v) is 8.83. The van der Waals surface area contributed by atoms with Gasteiger partial charge < -0.3 is 9.47 Å². The van der Waals surface area contributed by atoms with Crippen molar-refractivity contribution < 1.29 is 19.1 Å². The van der Waals surface area contributed by atoms with E-state index in [0.29, 0.717) is 17.9 Å². The number of nitrogens with zero attached hydrogens (tertiary/aromatic N) is 1. The molecule has 0 fully saturated rings. The van der Waals surface area contributed by atoms with E-state index in [1.807, 2.05) is 44.2 Å². The van der Waals surface area contributed by atoms with Gasteiger partial charge in [0.1, 0.15) is 5.75 Å². The van der Waals surface area contributed by atoms with Crippen molar-refractivity contribution in [3.8, 4) is 5.75 Å². The summed E-state index contributed by atoms with van der Waals surface area (Å²) in [4.78, 5) is 23.6. The largest absolute Gasteiger partial charge is 0.484 e. The number of hydrazone groups is 1. The summed E-state index contributed by atoms with van der Waals surface area (Å²) in [5.41, 5.74) is 4.72. The van der Waals surface area contributed by atoms with Crippen LogP contribution >= 0.6 is 0 Å². The lowest BCUT2D eigenvalue weighted by Gasteiger charge is -2.11. The smallest absolute Gasteiger partial charge is 0.338 e. The molecule has 0 aromatic heterocycles. The molecule has 1 amide bonds. The summed E-state index contributed by atoms with van der Waals surface area (Å²) < 4.78 is 10.3. The molecule has 0 aliphatic heterocycles. The third-order valence-electron chi connectivity index (χ3n) is 3.65. The molecule has 0 saturated carbocycles. The Labute approximate surface area is 159 Å². The van der Waals surface area contributed by atoms with Gasteiger partial charge in [-0.15, -0.1) is 0 Å². The Morgan fingerprint density at radius 1 is 1.00 bits per heavy atom. The molecule has 2 aromatic carbocycles. The Bertz CT molecular complexity index is 784. The number of hydrogen-bond acceptors (Lipinski definition) is 5. The van der Waals surface area contributed by atoms with Crippen LogP contribution in [0.5, 0.6) is 5.75 Å². The number of benzene rings is 2. The van der Waals surface area contributed by atoms with E-state index in [0.717, 1.165) is 11.3 Å². The summed E-state index contributed by atoms with van der Waals surface area (Å²) in [6.45, 7) is 5.92. The molecule has 0 unspecified atom stereocenters. The predicted molar refractivity (Wildman–Crippen MR) is 104 cm³/mol. The van der Waals surface area contributed by atoms with Crippen molar-refractivity contribution in [1.82, 2.24) is 5.43 Å². The fourth-order valence-corrected chi connectivity index (χ4v) is 2.34. The topological polar surface area (TPSA) is 77.0 Å². The number of carbonyl (C=O) groups excluding carboxylic acids is 2. The standard InChI is InChI=1S/C21H24N2O4/c1-4-26-21(25)17-10-12-18(13-11-17)27-14-19(24)22-23-20(15(2)3)16-8-6-5-7-9-16/h5-13,15H,4,14H2,1-3H3,(H,22,24). The first kappa shape index (κ1) is 20.2. The molecule has 0 heterocycles. The first-order chi connectivity index (χ1) is 13.0. The van der Waals surface area contributed by atoms with Crippen LogP contribution in [0.2, 0.25) is 0 Å². The van der Waals surface area contributed by atoms with Crippen LogP contribution in [0, 0.1) is 5.92 Å². The summed E-state index contributed by atoms with van der Waals surface area (Å²) in [6.07, 6.45) is 0. The SMILES string of the molecule is CCOC(=O)c1ccc(OCC(=O)NN=C(c2ccccc2)C(C)C)cc1. The van der Waals surface area contributed by atoms with Crippen LogP contribution in [0.1, 0.15) is 36.7 Å².